The molecule has 0 heterocycles. The zero-order chi connectivity index (χ0) is 12.8. The monoisotopic (exact) mass is 233 g/mol. The fourth-order valence-corrected chi connectivity index (χ4v) is 1.82. The van der Waals surface area contributed by atoms with Crippen molar-refractivity contribution in [2.75, 3.05) is 14.2 Å². The highest BCUT2D eigenvalue weighted by atomic mass is 16.5. The Bertz CT molecular complexity index is 421. The molecular formula is C14H19NO2. The van der Waals surface area contributed by atoms with E-state index in [4.69, 9.17) is 14.7 Å². The summed E-state index contributed by atoms with van der Waals surface area (Å²) in [6.45, 7) is 4.00. The topological polar surface area (TPSA) is 42.2 Å². The quantitative estimate of drug-likeness (QED) is 0.784. The number of nitriles is 1. The van der Waals surface area contributed by atoms with Gasteiger partial charge in [0.05, 0.1) is 26.2 Å². The standard InChI is InChI=1S/C14H19NO2/c1-5-11(9-15)7-12-8-13(16-3)10(2)6-14(12)17-4/h6,8,11H,5,7H2,1-4H3. The van der Waals surface area contributed by atoms with E-state index in [1.807, 2.05) is 26.0 Å². The van der Waals surface area contributed by atoms with Crippen LogP contribution in [0.15, 0.2) is 12.1 Å². The minimum absolute atomic E-state index is 0.0244. The van der Waals surface area contributed by atoms with Gasteiger partial charge in [0.25, 0.3) is 0 Å². The van der Waals surface area contributed by atoms with Gasteiger partial charge < -0.3 is 9.47 Å². The molecule has 0 aliphatic rings. The molecule has 0 saturated heterocycles. The molecule has 1 rings (SSSR count). The van der Waals surface area contributed by atoms with Gasteiger partial charge in [-0.15, -0.1) is 0 Å². The van der Waals surface area contributed by atoms with E-state index in [0.29, 0.717) is 6.42 Å². The van der Waals surface area contributed by atoms with Crippen molar-refractivity contribution in [3.05, 3.63) is 23.3 Å². The predicted octanol–water partition coefficient (Wildman–Crippen LogP) is 3.10. The van der Waals surface area contributed by atoms with E-state index < -0.39 is 0 Å². The summed E-state index contributed by atoms with van der Waals surface area (Å²) in [5, 5.41) is 9.01. The number of benzene rings is 1. The van der Waals surface area contributed by atoms with Crippen molar-refractivity contribution in [1.29, 1.82) is 5.26 Å². The summed E-state index contributed by atoms with van der Waals surface area (Å²) < 4.78 is 10.6. The Hall–Kier alpha value is -1.69. The molecule has 0 aliphatic heterocycles. The molecule has 0 N–H and O–H groups in total. The van der Waals surface area contributed by atoms with Gasteiger partial charge in [0, 0.05) is 0 Å². The van der Waals surface area contributed by atoms with Gasteiger partial charge in [0.1, 0.15) is 11.5 Å². The lowest BCUT2D eigenvalue weighted by molar-refractivity contribution is 0.394. The second-order valence-corrected chi connectivity index (χ2v) is 4.07. The van der Waals surface area contributed by atoms with Crippen molar-refractivity contribution in [2.45, 2.75) is 26.7 Å². The Morgan fingerprint density at radius 2 is 1.88 bits per heavy atom. The molecular weight excluding hydrogens is 214 g/mol. The molecule has 0 aliphatic carbocycles. The summed E-state index contributed by atoms with van der Waals surface area (Å²) in [6.07, 6.45) is 1.54. The highest BCUT2D eigenvalue weighted by Gasteiger charge is 2.13. The number of hydrogen-bond donors (Lipinski definition) is 0. The van der Waals surface area contributed by atoms with Crippen LogP contribution in [0.3, 0.4) is 0 Å². The molecule has 3 nitrogen and oxygen atoms in total. The van der Waals surface area contributed by atoms with Crippen LogP contribution in [-0.4, -0.2) is 14.2 Å². The number of methoxy groups -OCH3 is 2. The summed E-state index contributed by atoms with van der Waals surface area (Å²) >= 11 is 0. The lowest BCUT2D eigenvalue weighted by Crippen LogP contribution is -2.03. The highest BCUT2D eigenvalue weighted by Crippen LogP contribution is 2.30. The number of nitrogens with zero attached hydrogens (tertiary/aromatic N) is 1. The summed E-state index contributed by atoms with van der Waals surface area (Å²) in [4.78, 5) is 0. The van der Waals surface area contributed by atoms with Gasteiger partial charge in [-0.3, -0.25) is 0 Å². The van der Waals surface area contributed by atoms with Crippen LogP contribution >= 0.6 is 0 Å². The molecule has 0 fully saturated rings. The van der Waals surface area contributed by atoms with Crippen LogP contribution in [0.5, 0.6) is 11.5 Å². The van der Waals surface area contributed by atoms with Crippen LogP contribution < -0.4 is 9.47 Å². The minimum Gasteiger partial charge on any atom is -0.496 e. The zero-order valence-electron chi connectivity index (χ0n) is 10.9. The van der Waals surface area contributed by atoms with Crippen LogP contribution in [-0.2, 0) is 6.42 Å². The van der Waals surface area contributed by atoms with E-state index >= 15 is 0 Å². The van der Waals surface area contributed by atoms with Crippen LogP contribution in [0.4, 0.5) is 0 Å². The van der Waals surface area contributed by atoms with Crippen molar-refractivity contribution in [3.8, 4) is 17.6 Å². The summed E-state index contributed by atoms with van der Waals surface area (Å²) in [5.74, 6) is 1.70. The first-order chi connectivity index (χ1) is 8.15. The fraction of sp³-hybridized carbons (Fsp3) is 0.500. The first-order valence-corrected chi connectivity index (χ1v) is 5.77. The third-order valence-electron chi connectivity index (χ3n) is 2.94. The Kier molecular flexibility index (Phi) is 4.84. The largest absolute Gasteiger partial charge is 0.496 e. The Balaban J connectivity index is 3.08. The van der Waals surface area contributed by atoms with Gasteiger partial charge >= 0.3 is 0 Å². The molecule has 0 bridgehead atoms. The summed E-state index contributed by atoms with van der Waals surface area (Å²) in [7, 11) is 3.30. The van der Waals surface area contributed by atoms with Crippen LogP contribution in [0.25, 0.3) is 0 Å². The molecule has 1 aromatic rings. The van der Waals surface area contributed by atoms with Gasteiger partial charge in [-0.25, -0.2) is 0 Å². The molecule has 17 heavy (non-hydrogen) atoms. The van der Waals surface area contributed by atoms with Crippen molar-refractivity contribution >= 4 is 0 Å². The number of ether oxygens (including phenoxy) is 2. The van der Waals surface area contributed by atoms with Crippen molar-refractivity contribution in [2.24, 2.45) is 5.92 Å². The molecule has 0 aromatic heterocycles. The van der Waals surface area contributed by atoms with Crippen LogP contribution in [0.2, 0.25) is 0 Å². The molecule has 0 amide bonds. The maximum Gasteiger partial charge on any atom is 0.122 e. The van der Waals surface area contributed by atoms with E-state index in [1.165, 1.54) is 0 Å². The first kappa shape index (κ1) is 13.4. The Labute approximate surface area is 103 Å². The van der Waals surface area contributed by atoms with Crippen molar-refractivity contribution < 1.29 is 9.47 Å². The lowest BCUT2D eigenvalue weighted by atomic mass is 9.96. The SMILES string of the molecule is CCC(C#N)Cc1cc(OC)c(C)cc1OC. The highest BCUT2D eigenvalue weighted by molar-refractivity contribution is 5.46. The third-order valence-corrected chi connectivity index (χ3v) is 2.94. The average molecular weight is 233 g/mol. The number of hydrogen-bond acceptors (Lipinski definition) is 3. The fourth-order valence-electron chi connectivity index (χ4n) is 1.82. The average Bonchev–Trinajstić information content (AvgIpc) is 2.36. The third kappa shape index (κ3) is 3.13. The number of aryl methyl sites for hydroxylation is 1. The van der Waals surface area contributed by atoms with Crippen LogP contribution in [0.1, 0.15) is 24.5 Å². The van der Waals surface area contributed by atoms with Gasteiger partial charge in [-0.1, -0.05) is 6.92 Å². The van der Waals surface area contributed by atoms with Gasteiger partial charge in [-0.05, 0) is 43.0 Å². The second kappa shape index (κ2) is 6.15. The molecule has 1 aromatic carbocycles. The van der Waals surface area contributed by atoms with Crippen molar-refractivity contribution in [1.82, 2.24) is 0 Å². The molecule has 1 unspecified atom stereocenters. The van der Waals surface area contributed by atoms with Crippen molar-refractivity contribution in [3.63, 3.8) is 0 Å². The maximum atomic E-state index is 9.01. The van der Waals surface area contributed by atoms with E-state index in [2.05, 4.69) is 6.07 Å². The molecule has 0 spiro atoms. The molecule has 92 valence electrons. The minimum atomic E-state index is 0.0244. The normalized spacial score (nSPS) is 11.7. The predicted molar refractivity (Wildman–Crippen MR) is 67.4 cm³/mol. The maximum absolute atomic E-state index is 9.01. The summed E-state index contributed by atoms with van der Waals surface area (Å²) in [6, 6.07) is 6.23. The number of rotatable bonds is 5. The zero-order valence-corrected chi connectivity index (χ0v) is 10.9. The van der Waals surface area contributed by atoms with E-state index in [-0.39, 0.29) is 5.92 Å². The van der Waals surface area contributed by atoms with Gasteiger partial charge in [-0.2, -0.15) is 5.26 Å². The van der Waals surface area contributed by atoms with E-state index in [9.17, 15) is 0 Å². The molecule has 0 radical (unpaired) electrons. The molecule has 3 heteroatoms. The molecule has 1 atom stereocenters. The second-order valence-electron chi connectivity index (χ2n) is 4.07. The van der Waals surface area contributed by atoms with E-state index in [1.54, 1.807) is 14.2 Å². The Morgan fingerprint density at radius 3 is 2.35 bits per heavy atom. The smallest absolute Gasteiger partial charge is 0.122 e. The summed E-state index contributed by atoms with van der Waals surface area (Å²) in [5.41, 5.74) is 2.07. The van der Waals surface area contributed by atoms with Gasteiger partial charge in [0.15, 0.2) is 0 Å². The van der Waals surface area contributed by atoms with Crippen LogP contribution in [0, 0.1) is 24.2 Å². The molecule has 0 saturated carbocycles. The first-order valence-electron chi connectivity index (χ1n) is 5.77. The van der Waals surface area contributed by atoms with Gasteiger partial charge in [0.2, 0.25) is 0 Å². The lowest BCUT2D eigenvalue weighted by Gasteiger charge is -2.14. The Morgan fingerprint density at radius 1 is 1.24 bits per heavy atom. The van der Waals surface area contributed by atoms with E-state index in [0.717, 1.165) is 29.0 Å².